The molecule has 0 atom stereocenters. The summed E-state index contributed by atoms with van der Waals surface area (Å²) in [5.74, 6) is 1.01. The second-order valence-electron chi connectivity index (χ2n) is 7.67. The van der Waals surface area contributed by atoms with Crippen LogP contribution in [0, 0.1) is 0 Å². The molecule has 1 aliphatic rings. The third-order valence-corrected chi connectivity index (χ3v) is 5.54. The molecule has 4 rings (SSSR count). The summed E-state index contributed by atoms with van der Waals surface area (Å²) < 4.78 is 17.7. The number of hydrogen-bond acceptors (Lipinski definition) is 7. The van der Waals surface area contributed by atoms with E-state index in [0.29, 0.717) is 51.5 Å². The molecule has 0 unspecified atom stereocenters. The van der Waals surface area contributed by atoms with Gasteiger partial charge >= 0.3 is 0 Å². The van der Waals surface area contributed by atoms with Crippen LogP contribution in [0.3, 0.4) is 0 Å². The molecule has 0 fully saturated rings. The summed E-state index contributed by atoms with van der Waals surface area (Å²) in [5, 5.41) is 0.942. The number of carbonyl (C=O) groups excluding carboxylic acids is 1. The standard InChI is InChI=1S/C23H25N3O5/c1-25(2)9-6-10-26-21-13-7-8-18(31-5)24-20(13)22(27)19(21)14-11-16(29-3)17(30-4)12-15(14)23(26)28/h7-8,11-12H,6,9-10H2,1-5H3. The number of aromatic nitrogens is 2. The first-order valence-corrected chi connectivity index (χ1v) is 9.98. The third-order valence-electron chi connectivity index (χ3n) is 5.54. The molecule has 0 bridgehead atoms. The van der Waals surface area contributed by atoms with Crippen molar-refractivity contribution in [1.82, 2.24) is 14.5 Å². The highest BCUT2D eigenvalue weighted by atomic mass is 16.5. The lowest BCUT2D eigenvalue weighted by Gasteiger charge is -2.17. The number of nitrogens with zero attached hydrogens (tertiary/aromatic N) is 3. The zero-order chi connectivity index (χ0) is 22.3. The first-order valence-electron chi connectivity index (χ1n) is 9.98. The van der Waals surface area contributed by atoms with Crippen LogP contribution >= 0.6 is 0 Å². The molecule has 8 nitrogen and oxygen atoms in total. The Labute approximate surface area is 180 Å². The fourth-order valence-electron chi connectivity index (χ4n) is 4.08. The van der Waals surface area contributed by atoms with E-state index in [9.17, 15) is 9.59 Å². The molecule has 0 saturated carbocycles. The fraction of sp³-hybridized carbons (Fsp3) is 0.348. The smallest absolute Gasteiger partial charge is 0.259 e. The number of rotatable bonds is 7. The van der Waals surface area contributed by atoms with Gasteiger partial charge in [0.15, 0.2) is 11.5 Å². The topological polar surface area (TPSA) is 82.9 Å². The van der Waals surface area contributed by atoms with Crippen molar-refractivity contribution >= 4 is 16.6 Å². The monoisotopic (exact) mass is 423 g/mol. The summed E-state index contributed by atoms with van der Waals surface area (Å²) in [6.45, 7) is 1.29. The SMILES string of the molecule is COc1ccc2c(n1)C(=O)c1c-2n(CCCN(C)C)c(=O)c2cc(OC)c(OC)cc12. The second kappa shape index (κ2) is 8.03. The van der Waals surface area contributed by atoms with Crippen LogP contribution in [0.2, 0.25) is 0 Å². The molecule has 0 aliphatic heterocycles. The lowest BCUT2D eigenvalue weighted by atomic mass is 10.0. The Kier molecular flexibility index (Phi) is 5.41. The molecule has 0 N–H and O–H groups in total. The molecule has 2 aromatic heterocycles. The average molecular weight is 423 g/mol. The minimum atomic E-state index is -0.234. The largest absolute Gasteiger partial charge is 0.493 e. The van der Waals surface area contributed by atoms with E-state index in [1.165, 1.54) is 21.3 Å². The van der Waals surface area contributed by atoms with Gasteiger partial charge in [-0.15, -0.1) is 0 Å². The van der Waals surface area contributed by atoms with Crippen molar-refractivity contribution in [3.63, 3.8) is 0 Å². The van der Waals surface area contributed by atoms with Gasteiger partial charge in [-0.3, -0.25) is 9.59 Å². The van der Waals surface area contributed by atoms with Crippen molar-refractivity contribution in [1.29, 1.82) is 0 Å². The number of ketones is 1. The Bertz CT molecular complexity index is 1250. The van der Waals surface area contributed by atoms with Crippen LogP contribution in [0.15, 0.2) is 29.1 Å². The molecule has 0 spiro atoms. The van der Waals surface area contributed by atoms with Crippen LogP contribution in [0.1, 0.15) is 22.5 Å². The summed E-state index contributed by atoms with van der Waals surface area (Å²) in [6.07, 6.45) is 0.755. The van der Waals surface area contributed by atoms with Gasteiger partial charge < -0.3 is 23.7 Å². The maximum absolute atomic E-state index is 13.6. The second-order valence-corrected chi connectivity index (χ2v) is 7.67. The van der Waals surface area contributed by atoms with Gasteiger partial charge in [-0.1, -0.05) is 0 Å². The van der Waals surface area contributed by atoms with E-state index in [0.717, 1.165) is 13.0 Å². The van der Waals surface area contributed by atoms with Crippen molar-refractivity contribution in [2.75, 3.05) is 42.0 Å². The number of ether oxygens (including phenoxy) is 3. The predicted octanol–water partition coefficient (Wildman–Crippen LogP) is 2.59. The Morgan fingerprint density at radius 2 is 1.65 bits per heavy atom. The Morgan fingerprint density at radius 3 is 2.26 bits per heavy atom. The van der Waals surface area contributed by atoms with Crippen molar-refractivity contribution in [2.45, 2.75) is 13.0 Å². The number of carbonyl (C=O) groups is 1. The summed E-state index contributed by atoms with van der Waals surface area (Å²) in [7, 11) is 8.52. The van der Waals surface area contributed by atoms with Crippen molar-refractivity contribution in [2.24, 2.45) is 0 Å². The quantitative estimate of drug-likeness (QED) is 0.452. The molecule has 1 aliphatic carbocycles. The van der Waals surface area contributed by atoms with Gasteiger partial charge in [0.1, 0.15) is 5.69 Å². The number of hydrogen-bond donors (Lipinski definition) is 0. The van der Waals surface area contributed by atoms with Crippen LogP contribution in [0.4, 0.5) is 0 Å². The number of methoxy groups -OCH3 is 3. The summed E-state index contributed by atoms with van der Waals surface area (Å²) in [4.78, 5) is 33.5. The van der Waals surface area contributed by atoms with Crippen LogP contribution < -0.4 is 19.8 Å². The van der Waals surface area contributed by atoms with Gasteiger partial charge in [0.05, 0.1) is 38.0 Å². The van der Waals surface area contributed by atoms with E-state index in [1.54, 1.807) is 28.8 Å². The van der Waals surface area contributed by atoms with Gasteiger partial charge in [0, 0.05) is 23.6 Å². The zero-order valence-electron chi connectivity index (χ0n) is 18.3. The lowest BCUT2D eigenvalue weighted by molar-refractivity contribution is 0.103. The predicted molar refractivity (Wildman–Crippen MR) is 118 cm³/mol. The summed E-state index contributed by atoms with van der Waals surface area (Å²) in [6, 6.07) is 6.83. The first-order chi connectivity index (χ1) is 14.9. The maximum Gasteiger partial charge on any atom is 0.259 e. The molecule has 1 aromatic carbocycles. The van der Waals surface area contributed by atoms with E-state index in [2.05, 4.69) is 9.88 Å². The van der Waals surface area contributed by atoms with Crippen molar-refractivity contribution in [3.05, 3.63) is 45.9 Å². The summed E-state index contributed by atoms with van der Waals surface area (Å²) in [5.41, 5.74) is 1.80. The van der Waals surface area contributed by atoms with Gasteiger partial charge in [-0.2, -0.15) is 0 Å². The normalized spacial score (nSPS) is 12.3. The number of pyridine rings is 2. The molecule has 0 amide bonds. The van der Waals surface area contributed by atoms with Crippen LogP contribution in [0.5, 0.6) is 17.4 Å². The maximum atomic E-state index is 13.6. The van der Waals surface area contributed by atoms with E-state index < -0.39 is 0 Å². The Morgan fingerprint density at radius 1 is 0.968 bits per heavy atom. The fourth-order valence-corrected chi connectivity index (χ4v) is 4.08. The van der Waals surface area contributed by atoms with Crippen LogP contribution in [-0.4, -0.2) is 62.2 Å². The van der Waals surface area contributed by atoms with Gasteiger partial charge in [-0.05, 0) is 45.3 Å². The third kappa shape index (κ3) is 3.33. The van der Waals surface area contributed by atoms with Crippen LogP contribution in [0.25, 0.3) is 22.0 Å². The molecule has 31 heavy (non-hydrogen) atoms. The van der Waals surface area contributed by atoms with E-state index in [1.807, 2.05) is 14.1 Å². The number of benzene rings is 1. The van der Waals surface area contributed by atoms with E-state index in [4.69, 9.17) is 14.2 Å². The highest BCUT2D eigenvalue weighted by Gasteiger charge is 2.35. The number of fused-ring (bicyclic) bond motifs is 5. The molecule has 8 heteroatoms. The average Bonchev–Trinajstić information content (AvgIpc) is 3.06. The highest BCUT2D eigenvalue weighted by molar-refractivity contribution is 6.26. The molecule has 0 saturated heterocycles. The zero-order valence-corrected chi connectivity index (χ0v) is 18.3. The van der Waals surface area contributed by atoms with Gasteiger partial charge in [0.2, 0.25) is 11.7 Å². The molecule has 162 valence electrons. The molecule has 3 aromatic rings. The highest BCUT2D eigenvalue weighted by Crippen LogP contribution is 2.42. The molecular formula is C23H25N3O5. The minimum Gasteiger partial charge on any atom is -0.493 e. The molecule has 0 radical (unpaired) electrons. The Balaban J connectivity index is 2.05. The van der Waals surface area contributed by atoms with Gasteiger partial charge in [-0.25, -0.2) is 4.98 Å². The van der Waals surface area contributed by atoms with Crippen molar-refractivity contribution in [3.8, 4) is 28.6 Å². The first kappa shape index (κ1) is 20.9. The molecular weight excluding hydrogens is 398 g/mol. The van der Waals surface area contributed by atoms with Crippen LogP contribution in [-0.2, 0) is 6.54 Å². The van der Waals surface area contributed by atoms with E-state index >= 15 is 0 Å². The lowest BCUT2D eigenvalue weighted by Crippen LogP contribution is -2.25. The molecule has 2 heterocycles. The minimum absolute atomic E-state index is 0.176. The van der Waals surface area contributed by atoms with E-state index in [-0.39, 0.29) is 17.0 Å². The van der Waals surface area contributed by atoms with Gasteiger partial charge in [0.25, 0.3) is 5.56 Å². The summed E-state index contributed by atoms with van der Waals surface area (Å²) >= 11 is 0. The van der Waals surface area contributed by atoms with Crippen molar-refractivity contribution < 1.29 is 19.0 Å². The Hall–Kier alpha value is -3.39.